The van der Waals surface area contributed by atoms with Crippen LogP contribution in [-0.4, -0.2) is 19.0 Å². The third-order valence-electron chi connectivity index (χ3n) is 4.19. The zero-order valence-electron chi connectivity index (χ0n) is 11.1. The molecule has 0 saturated heterocycles. The molecule has 3 rings (SSSR count). The maximum absolute atomic E-state index is 12.6. The van der Waals surface area contributed by atoms with Crippen molar-refractivity contribution in [2.45, 2.75) is 26.8 Å². The molecule has 18 heavy (non-hydrogen) atoms. The van der Waals surface area contributed by atoms with Gasteiger partial charge in [0.1, 0.15) is 0 Å². The van der Waals surface area contributed by atoms with Crippen LogP contribution in [0.3, 0.4) is 0 Å². The minimum atomic E-state index is 0.200. The van der Waals surface area contributed by atoms with E-state index in [4.69, 9.17) is 0 Å². The first kappa shape index (κ1) is 11.7. The van der Waals surface area contributed by atoms with Gasteiger partial charge in [-0.1, -0.05) is 32.0 Å². The predicted octanol–water partition coefficient (Wildman–Crippen LogP) is 2.17. The topological polar surface area (TPSA) is 32.3 Å². The molecule has 1 N–H and O–H groups in total. The number of hydrogen-bond donors (Lipinski definition) is 1. The van der Waals surface area contributed by atoms with Gasteiger partial charge in [0.15, 0.2) is 0 Å². The zero-order valence-corrected chi connectivity index (χ0v) is 11.1. The molecule has 1 aromatic rings. The molecule has 1 aliphatic carbocycles. The van der Waals surface area contributed by atoms with Crippen LogP contribution in [0.5, 0.6) is 0 Å². The van der Waals surface area contributed by atoms with Crippen molar-refractivity contribution < 1.29 is 4.79 Å². The second kappa shape index (κ2) is 4.09. The van der Waals surface area contributed by atoms with Crippen molar-refractivity contribution >= 4 is 11.6 Å². The Hall–Kier alpha value is -1.35. The smallest absolute Gasteiger partial charge is 0.230 e. The molecule has 0 aromatic heterocycles. The van der Waals surface area contributed by atoms with E-state index in [0.29, 0.717) is 5.91 Å². The Labute approximate surface area is 108 Å². The SMILES string of the molecule is CC1(C)CC1C(=O)N1CCNCc2ccccc21. The Morgan fingerprint density at radius 1 is 1.39 bits per heavy atom. The highest BCUT2D eigenvalue weighted by atomic mass is 16.2. The first-order valence-corrected chi connectivity index (χ1v) is 6.69. The molecule has 0 radical (unpaired) electrons. The molecule has 1 saturated carbocycles. The van der Waals surface area contributed by atoms with Crippen molar-refractivity contribution in [1.29, 1.82) is 0 Å². The molecule has 0 spiro atoms. The molecular weight excluding hydrogens is 224 g/mol. The average molecular weight is 244 g/mol. The fourth-order valence-corrected chi connectivity index (χ4v) is 2.76. The highest BCUT2D eigenvalue weighted by Crippen LogP contribution is 2.52. The lowest BCUT2D eigenvalue weighted by Gasteiger charge is -2.23. The minimum absolute atomic E-state index is 0.200. The normalized spacial score (nSPS) is 25.2. The number of benzene rings is 1. The quantitative estimate of drug-likeness (QED) is 0.821. The molecule has 1 aromatic carbocycles. The van der Waals surface area contributed by atoms with Gasteiger partial charge in [0, 0.05) is 31.2 Å². The lowest BCUT2D eigenvalue weighted by atomic mass is 10.1. The summed E-state index contributed by atoms with van der Waals surface area (Å²) < 4.78 is 0. The number of nitrogens with one attached hydrogen (secondary N) is 1. The van der Waals surface area contributed by atoms with Crippen molar-refractivity contribution in [3.05, 3.63) is 29.8 Å². The summed E-state index contributed by atoms with van der Waals surface area (Å²) in [6, 6.07) is 8.22. The summed E-state index contributed by atoms with van der Waals surface area (Å²) in [5, 5.41) is 3.37. The van der Waals surface area contributed by atoms with Gasteiger partial charge in [-0.3, -0.25) is 4.79 Å². The van der Waals surface area contributed by atoms with E-state index in [2.05, 4.69) is 31.3 Å². The van der Waals surface area contributed by atoms with E-state index in [0.717, 1.165) is 31.7 Å². The second-order valence-corrected chi connectivity index (χ2v) is 6.04. The van der Waals surface area contributed by atoms with Crippen LogP contribution in [0.4, 0.5) is 5.69 Å². The van der Waals surface area contributed by atoms with E-state index in [-0.39, 0.29) is 11.3 Å². The first-order valence-electron chi connectivity index (χ1n) is 6.69. The number of carbonyl (C=O) groups excluding carboxylic acids is 1. The Morgan fingerprint density at radius 3 is 2.83 bits per heavy atom. The number of para-hydroxylation sites is 1. The van der Waals surface area contributed by atoms with E-state index in [9.17, 15) is 4.79 Å². The van der Waals surface area contributed by atoms with Gasteiger partial charge in [0.25, 0.3) is 0 Å². The summed E-state index contributed by atoms with van der Waals surface area (Å²) in [6.07, 6.45) is 1.03. The van der Waals surface area contributed by atoms with Gasteiger partial charge in [0.2, 0.25) is 5.91 Å². The molecule has 3 heteroatoms. The van der Waals surface area contributed by atoms with Gasteiger partial charge < -0.3 is 10.2 Å². The number of anilines is 1. The minimum Gasteiger partial charge on any atom is -0.311 e. The van der Waals surface area contributed by atoms with Crippen LogP contribution in [0, 0.1) is 11.3 Å². The molecule has 96 valence electrons. The zero-order chi connectivity index (χ0) is 12.8. The Morgan fingerprint density at radius 2 is 2.11 bits per heavy atom. The Bertz CT molecular complexity index is 481. The molecule has 2 aliphatic rings. The van der Waals surface area contributed by atoms with Crippen LogP contribution in [0.15, 0.2) is 24.3 Å². The summed E-state index contributed by atoms with van der Waals surface area (Å²) in [6.45, 7) is 6.86. The highest BCUT2D eigenvalue weighted by Gasteiger charge is 2.52. The average Bonchev–Trinajstić information content (AvgIpc) is 3.04. The summed E-state index contributed by atoms with van der Waals surface area (Å²) >= 11 is 0. The molecule has 1 aliphatic heterocycles. The van der Waals surface area contributed by atoms with Gasteiger partial charge in [-0.15, -0.1) is 0 Å². The fraction of sp³-hybridized carbons (Fsp3) is 0.533. The summed E-state index contributed by atoms with van der Waals surface area (Å²) in [5.74, 6) is 0.514. The van der Waals surface area contributed by atoms with Gasteiger partial charge in [0.05, 0.1) is 0 Å². The van der Waals surface area contributed by atoms with Crippen LogP contribution in [0.25, 0.3) is 0 Å². The summed E-state index contributed by atoms with van der Waals surface area (Å²) in [5.41, 5.74) is 2.52. The number of fused-ring (bicyclic) bond motifs is 1. The third kappa shape index (κ3) is 1.93. The number of amides is 1. The third-order valence-corrected chi connectivity index (χ3v) is 4.19. The monoisotopic (exact) mass is 244 g/mol. The molecule has 0 bridgehead atoms. The number of rotatable bonds is 1. The van der Waals surface area contributed by atoms with Crippen molar-refractivity contribution in [2.24, 2.45) is 11.3 Å². The van der Waals surface area contributed by atoms with Crippen LogP contribution in [-0.2, 0) is 11.3 Å². The van der Waals surface area contributed by atoms with E-state index >= 15 is 0 Å². The maximum Gasteiger partial charge on any atom is 0.230 e. The van der Waals surface area contributed by atoms with Gasteiger partial charge in [-0.25, -0.2) is 0 Å². The number of carbonyl (C=O) groups is 1. The lowest BCUT2D eigenvalue weighted by molar-refractivity contribution is -0.120. The van der Waals surface area contributed by atoms with Crippen molar-refractivity contribution in [3.63, 3.8) is 0 Å². The van der Waals surface area contributed by atoms with Gasteiger partial charge in [-0.2, -0.15) is 0 Å². The van der Waals surface area contributed by atoms with Gasteiger partial charge >= 0.3 is 0 Å². The fourth-order valence-electron chi connectivity index (χ4n) is 2.76. The number of nitrogens with zero attached hydrogens (tertiary/aromatic N) is 1. The maximum atomic E-state index is 12.6. The molecular formula is C15H20N2O. The van der Waals surface area contributed by atoms with Crippen LogP contribution < -0.4 is 10.2 Å². The van der Waals surface area contributed by atoms with Crippen LogP contribution in [0.1, 0.15) is 25.8 Å². The van der Waals surface area contributed by atoms with E-state index in [1.165, 1.54) is 5.56 Å². The lowest BCUT2D eigenvalue weighted by Crippen LogP contribution is -2.36. The van der Waals surface area contributed by atoms with Crippen LogP contribution >= 0.6 is 0 Å². The van der Waals surface area contributed by atoms with Gasteiger partial charge in [-0.05, 0) is 23.5 Å². The van der Waals surface area contributed by atoms with E-state index in [1.54, 1.807) is 0 Å². The molecule has 1 fully saturated rings. The second-order valence-electron chi connectivity index (χ2n) is 6.04. The van der Waals surface area contributed by atoms with E-state index < -0.39 is 0 Å². The molecule has 1 atom stereocenters. The van der Waals surface area contributed by atoms with Crippen LogP contribution in [0.2, 0.25) is 0 Å². The number of hydrogen-bond acceptors (Lipinski definition) is 2. The highest BCUT2D eigenvalue weighted by molar-refractivity contribution is 5.98. The first-order chi connectivity index (χ1) is 8.59. The van der Waals surface area contributed by atoms with Crippen molar-refractivity contribution in [1.82, 2.24) is 5.32 Å². The predicted molar refractivity (Wildman–Crippen MR) is 72.4 cm³/mol. The summed E-state index contributed by atoms with van der Waals surface area (Å²) in [4.78, 5) is 14.6. The largest absolute Gasteiger partial charge is 0.311 e. The Balaban J connectivity index is 1.90. The Kier molecular flexibility index (Phi) is 2.67. The molecule has 1 amide bonds. The summed E-state index contributed by atoms with van der Waals surface area (Å²) in [7, 11) is 0. The molecule has 1 unspecified atom stereocenters. The van der Waals surface area contributed by atoms with Crippen molar-refractivity contribution in [3.8, 4) is 0 Å². The van der Waals surface area contributed by atoms with E-state index in [1.807, 2.05) is 17.0 Å². The standard InChI is InChI=1S/C15H20N2O/c1-15(2)9-12(15)14(18)17-8-7-16-10-11-5-3-4-6-13(11)17/h3-6,12,16H,7-10H2,1-2H3. The van der Waals surface area contributed by atoms with Crippen molar-refractivity contribution in [2.75, 3.05) is 18.0 Å². The molecule has 3 nitrogen and oxygen atoms in total. The molecule has 1 heterocycles.